The molecule has 6 nitrogen and oxygen atoms in total. The van der Waals surface area contributed by atoms with Crippen molar-refractivity contribution in [3.8, 4) is 11.4 Å². The van der Waals surface area contributed by atoms with Gasteiger partial charge < -0.3 is 10.7 Å². The smallest absolute Gasteiger partial charge is 0.233 e. The molecule has 0 saturated heterocycles. The Balaban J connectivity index is 1.62. The maximum atomic E-state index is 12.5. The molecule has 0 aliphatic carbocycles. The van der Waals surface area contributed by atoms with Crippen LogP contribution in [0.25, 0.3) is 11.4 Å². The number of hydrogen-bond acceptors (Lipinski definition) is 5. The zero-order valence-electron chi connectivity index (χ0n) is 16.1. The van der Waals surface area contributed by atoms with E-state index in [1.807, 2.05) is 0 Å². The predicted octanol–water partition coefficient (Wildman–Crippen LogP) is 4.28. The number of carbonyl (C=O) groups excluding carboxylic acids is 1. The molecule has 0 bridgehead atoms. The van der Waals surface area contributed by atoms with Gasteiger partial charge in [0.05, 0.1) is 10.8 Å². The number of rotatable bonds is 7. The number of nitrogens with two attached hydrogens (primary N) is 1. The lowest BCUT2D eigenvalue weighted by Gasteiger charge is -2.17. The number of nitrogen functional groups attached to an aromatic ring is 1. The van der Waals surface area contributed by atoms with Crippen LogP contribution < -0.4 is 5.84 Å². The number of aromatic nitrogens is 3. The van der Waals surface area contributed by atoms with Gasteiger partial charge in [0.2, 0.25) is 11.1 Å². The first-order valence-electron chi connectivity index (χ1n) is 8.99. The molecule has 1 amide bonds. The molecule has 29 heavy (non-hydrogen) atoms. The Labute approximate surface area is 184 Å². The summed E-state index contributed by atoms with van der Waals surface area (Å²) in [7, 11) is 1.78. The molecular weight excluding hydrogens is 429 g/mol. The molecule has 0 radical (unpaired) electrons. The third kappa shape index (κ3) is 5.23. The van der Waals surface area contributed by atoms with Crippen molar-refractivity contribution in [1.29, 1.82) is 0 Å². The van der Waals surface area contributed by atoms with Gasteiger partial charge in [-0.15, -0.1) is 10.2 Å². The van der Waals surface area contributed by atoms with E-state index in [0.29, 0.717) is 33.1 Å². The average Bonchev–Trinajstić information content (AvgIpc) is 3.07. The van der Waals surface area contributed by atoms with Crippen LogP contribution in [-0.2, 0) is 17.8 Å². The van der Waals surface area contributed by atoms with Gasteiger partial charge in [0.15, 0.2) is 5.82 Å². The minimum atomic E-state index is -0.0244. The molecule has 9 heteroatoms. The normalized spacial score (nSPS) is 10.9. The van der Waals surface area contributed by atoms with Crippen LogP contribution >= 0.6 is 35.0 Å². The monoisotopic (exact) mass is 449 g/mol. The summed E-state index contributed by atoms with van der Waals surface area (Å²) in [5.41, 5.74) is 2.98. The Morgan fingerprint density at radius 3 is 2.48 bits per heavy atom. The lowest BCUT2D eigenvalue weighted by Crippen LogP contribution is -2.28. The number of aryl methyl sites for hydroxylation is 1. The third-order valence-electron chi connectivity index (χ3n) is 4.44. The molecule has 152 valence electrons. The Kier molecular flexibility index (Phi) is 7.05. The van der Waals surface area contributed by atoms with E-state index in [0.717, 1.165) is 12.0 Å². The highest BCUT2D eigenvalue weighted by molar-refractivity contribution is 7.99. The molecule has 0 aliphatic rings. The Bertz CT molecular complexity index is 1010. The molecule has 0 fully saturated rings. The zero-order valence-corrected chi connectivity index (χ0v) is 18.4. The molecule has 1 aromatic heterocycles. The van der Waals surface area contributed by atoms with Crippen LogP contribution in [-0.4, -0.2) is 38.5 Å². The lowest BCUT2D eigenvalue weighted by atomic mass is 10.1. The second kappa shape index (κ2) is 9.52. The van der Waals surface area contributed by atoms with Crippen molar-refractivity contribution in [1.82, 2.24) is 19.8 Å². The van der Waals surface area contributed by atoms with Gasteiger partial charge in [0, 0.05) is 24.2 Å². The molecule has 0 aliphatic heterocycles. The van der Waals surface area contributed by atoms with Crippen LogP contribution in [0.4, 0.5) is 0 Å². The van der Waals surface area contributed by atoms with Crippen LogP contribution in [0.2, 0.25) is 10.0 Å². The topological polar surface area (TPSA) is 77.0 Å². The molecule has 0 atom stereocenters. The van der Waals surface area contributed by atoms with E-state index in [4.69, 9.17) is 29.0 Å². The number of thioether (sulfide) groups is 1. The van der Waals surface area contributed by atoms with Crippen LogP contribution in [0, 0.1) is 0 Å². The largest absolute Gasteiger partial charge is 0.341 e. The summed E-state index contributed by atoms with van der Waals surface area (Å²) in [5, 5.41) is 9.56. The Hall–Kier alpha value is -2.22. The Morgan fingerprint density at radius 1 is 1.14 bits per heavy atom. The van der Waals surface area contributed by atoms with E-state index >= 15 is 0 Å². The predicted molar refractivity (Wildman–Crippen MR) is 119 cm³/mol. The minimum absolute atomic E-state index is 0.0244. The second-order valence-corrected chi connectivity index (χ2v) is 8.30. The van der Waals surface area contributed by atoms with Crippen molar-refractivity contribution in [3.05, 3.63) is 63.6 Å². The Morgan fingerprint density at radius 2 is 1.83 bits per heavy atom. The van der Waals surface area contributed by atoms with Crippen molar-refractivity contribution in [2.45, 2.75) is 25.0 Å². The van der Waals surface area contributed by atoms with E-state index in [2.05, 4.69) is 41.4 Å². The highest BCUT2D eigenvalue weighted by Crippen LogP contribution is 2.30. The lowest BCUT2D eigenvalue weighted by molar-refractivity contribution is -0.127. The molecule has 3 rings (SSSR count). The number of halogens is 2. The molecule has 0 saturated carbocycles. The molecule has 3 aromatic rings. The van der Waals surface area contributed by atoms with Crippen molar-refractivity contribution in [2.75, 3.05) is 18.6 Å². The van der Waals surface area contributed by atoms with Gasteiger partial charge >= 0.3 is 0 Å². The van der Waals surface area contributed by atoms with Crippen molar-refractivity contribution >= 4 is 40.9 Å². The van der Waals surface area contributed by atoms with E-state index in [9.17, 15) is 4.79 Å². The first-order valence-corrected chi connectivity index (χ1v) is 10.7. The summed E-state index contributed by atoms with van der Waals surface area (Å²) in [6.07, 6.45) is 0.995. The fourth-order valence-corrected chi connectivity index (χ4v) is 4.00. The van der Waals surface area contributed by atoms with Gasteiger partial charge in [-0.3, -0.25) is 4.79 Å². The number of benzene rings is 2. The van der Waals surface area contributed by atoms with Gasteiger partial charge in [-0.05, 0) is 35.7 Å². The third-order valence-corrected chi connectivity index (χ3v) is 5.91. The summed E-state index contributed by atoms with van der Waals surface area (Å²) in [6.45, 7) is 2.66. The highest BCUT2D eigenvalue weighted by Gasteiger charge is 2.17. The molecule has 1 heterocycles. The fourth-order valence-electron chi connectivity index (χ4n) is 2.71. The molecule has 2 N–H and O–H groups in total. The fraction of sp³-hybridized carbons (Fsp3) is 0.250. The number of carbonyl (C=O) groups is 1. The quantitative estimate of drug-likeness (QED) is 0.430. The minimum Gasteiger partial charge on any atom is -0.341 e. The van der Waals surface area contributed by atoms with Crippen LogP contribution in [0.15, 0.2) is 47.6 Å². The number of amides is 1. The number of hydrogen-bond donors (Lipinski definition) is 1. The summed E-state index contributed by atoms with van der Waals surface area (Å²) < 4.78 is 1.33. The summed E-state index contributed by atoms with van der Waals surface area (Å²) in [6, 6.07) is 13.3. The van der Waals surface area contributed by atoms with E-state index < -0.39 is 0 Å². The van der Waals surface area contributed by atoms with Gasteiger partial charge in [-0.25, -0.2) is 4.68 Å². The van der Waals surface area contributed by atoms with Crippen molar-refractivity contribution in [3.63, 3.8) is 0 Å². The van der Waals surface area contributed by atoms with Crippen LogP contribution in [0.5, 0.6) is 0 Å². The SMILES string of the molecule is CCc1ccc(CN(C)C(=O)CSc2nnc(-c3ccc(Cl)cc3Cl)n2N)cc1. The second-order valence-electron chi connectivity index (χ2n) is 6.51. The first kappa shape index (κ1) is 21.5. The highest BCUT2D eigenvalue weighted by atomic mass is 35.5. The van der Waals surface area contributed by atoms with E-state index in [-0.39, 0.29) is 11.7 Å². The van der Waals surface area contributed by atoms with Gasteiger partial charge in [0.1, 0.15) is 0 Å². The number of nitrogens with zero attached hydrogens (tertiary/aromatic N) is 4. The van der Waals surface area contributed by atoms with Crippen molar-refractivity contribution in [2.24, 2.45) is 0 Å². The first-order chi connectivity index (χ1) is 13.9. The van der Waals surface area contributed by atoms with Crippen LogP contribution in [0.1, 0.15) is 18.1 Å². The van der Waals surface area contributed by atoms with E-state index in [1.54, 1.807) is 30.1 Å². The molecule has 0 unspecified atom stereocenters. The van der Waals surface area contributed by atoms with Gasteiger partial charge in [-0.1, -0.05) is 66.2 Å². The van der Waals surface area contributed by atoms with Gasteiger partial charge in [-0.2, -0.15) is 0 Å². The van der Waals surface area contributed by atoms with Gasteiger partial charge in [0.25, 0.3) is 0 Å². The molecule has 2 aromatic carbocycles. The molecular formula is C20H21Cl2N5OS. The summed E-state index contributed by atoms with van der Waals surface area (Å²) in [4.78, 5) is 14.2. The summed E-state index contributed by atoms with van der Waals surface area (Å²) >= 11 is 13.4. The molecule has 0 spiro atoms. The summed E-state index contributed by atoms with van der Waals surface area (Å²) in [5.74, 6) is 6.70. The maximum absolute atomic E-state index is 12.5. The van der Waals surface area contributed by atoms with Crippen molar-refractivity contribution < 1.29 is 4.79 Å². The standard InChI is InChI=1S/C20H21Cl2N5OS/c1-3-13-4-6-14(7-5-13)11-26(2)18(28)12-29-20-25-24-19(27(20)23)16-9-8-15(21)10-17(16)22/h4-10H,3,11-12,23H2,1-2H3. The average molecular weight is 450 g/mol. The zero-order chi connectivity index (χ0) is 21.0. The maximum Gasteiger partial charge on any atom is 0.233 e. The van der Waals surface area contributed by atoms with Crippen LogP contribution in [0.3, 0.4) is 0 Å². The van der Waals surface area contributed by atoms with E-state index in [1.165, 1.54) is 22.0 Å².